The van der Waals surface area contributed by atoms with Crippen molar-refractivity contribution < 1.29 is 0 Å². The number of aromatic nitrogens is 2. The highest BCUT2D eigenvalue weighted by molar-refractivity contribution is 5.80. The molecule has 20 heavy (non-hydrogen) atoms. The molecule has 0 radical (unpaired) electrons. The van der Waals surface area contributed by atoms with Gasteiger partial charge < -0.3 is 10.3 Å². The van der Waals surface area contributed by atoms with Crippen molar-refractivity contribution in [3.63, 3.8) is 0 Å². The van der Waals surface area contributed by atoms with Gasteiger partial charge in [0.15, 0.2) is 0 Å². The van der Waals surface area contributed by atoms with E-state index in [1.165, 1.54) is 43.7 Å². The van der Waals surface area contributed by atoms with Crippen LogP contribution in [0.15, 0.2) is 18.2 Å². The van der Waals surface area contributed by atoms with Crippen LogP contribution >= 0.6 is 0 Å². The molecule has 4 heteroatoms. The molecule has 4 rings (SSSR count). The van der Waals surface area contributed by atoms with E-state index in [1.54, 1.807) is 0 Å². The molecule has 0 spiro atoms. The zero-order chi connectivity index (χ0) is 13.7. The van der Waals surface area contributed by atoms with E-state index in [-0.39, 0.29) is 0 Å². The van der Waals surface area contributed by atoms with Crippen molar-refractivity contribution >= 4 is 16.7 Å². The van der Waals surface area contributed by atoms with E-state index in [0.717, 1.165) is 23.7 Å². The second-order valence-electron chi connectivity index (χ2n) is 6.10. The van der Waals surface area contributed by atoms with E-state index < -0.39 is 0 Å². The maximum absolute atomic E-state index is 5.91. The van der Waals surface area contributed by atoms with E-state index in [2.05, 4.69) is 22.5 Å². The van der Waals surface area contributed by atoms with E-state index in [9.17, 15) is 0 Å². The maximum atomic E-state index is 5.91. The highest BCUT2D eigenvalue weighted by Crippen LogP contribution is 2.38. The molecule has 2 aromatic rings. The first kappa shape index (κ1) is 12.2. The van der Waals surface area contributed by atoms with E-state index in [0.29, 0.717) is 6.04 Å². The van der Waals surface area contributed by atoms with Gasteiger partial charge in [0.1, 0.15) is 5.82 Å². The number of nitrogens with zero attached hydrogens (tertiary/aromatic N) is 3. The van der Waals surface area contributed by atoms with E-state index in [1.807, 2.05) is 12.1 Å². The van der Waals surface area contributed by atoms with Gasteiger partial charge in [-0.15, -0.1) is 0 Å². The van der Waals surface area contributed by atoms with Gasteiger partial charge in [-0.25, -0.2) is 4.98 Å². The van der Waals surface area contributed by atoms with Crippen molar-refractivity contribution in [3.05, 3.63) is 24.0 Å². The average Bonchev–Trinajstić information content (AvgIpc) is 3.10. The molecule has 1 aromatic carbocycles. The first-order valence-corrected chi connectivity index (χ1v) is 7.78. The molecule has 2 aliphatic rings. The molecule has 2 saturated heterocycles. The number of aryl methyl sites for hydroxylation is 1. The third-order valence-corrected chi connectivity index (χ3v) is 5.00. The van der Waals surface area contributed by atoms with Crippen molar-refractivity contribution in [3.8, 4) is 0 Å². The number of hydrogen-bond acceptors (Lipinski definition) is 3. The molecule has 2 N–H and O–H groups in total. The van der Waals surface area contributed by atoms with Crippen LogP contribution in [0.25, 0.3) is 11.0 Å². The Balaban J connectivity index is 1.85. The van der Waals surface area contributed by atoms with Crippen molar-refractivity contribution in [2.24, 2.45) is 0 Å². The van der Waals surface area contributed by atoms with Gasteiger partial charge in [0.05, 0.1) is 17.1 Å². The second kappa shape index (κ2) is 4.48. The van der Waals surface area contributed by atoms with Crippen LogP contribution in [0.1, 0.15) is 38.1 Å². The lowest BCUT2D eigenvalue weighted by atomic mass is 10.1. The summed E-state index contributed by atoms with van der Waals surface area (Å²) in [4.78, 5) is 7.48. The van der Waals surface area contributed by atoms with Crippen LogP contribution in [0, 0.1) is 0 Å². The number of fused-ring (bicyclic) bond motifs is 2. The van der Waals surface area contributed by atoms with Gasteiger partial charge >= 0.3 is 0 Å². The minimum absolute atomic E-state index is 0.598. The van der Waals surface area contributed by atoms with Crippen LogP contribution in [0.2, 0.25) is 0 Å². The summed E-state index contributed by atoms with van der Waals surface area (Å²) in [7, 11) is 0. The highest BCUT2D eigenvalue weighted by atomic mass is 15.3. The van der Waals surface area contributed by atoms with Crippen LogP contribution in [0.5, 0.6) is 0 Å². The number of anilines is 1. The Kier molecular flexibility index (Phi) is 2.74. The SMILES string of the molecule is CCc1nc2cc(N)ccc2n1C1CCN2CCCC12. The van der Waals surface area contributed by atoms with Crippen LogP contribution in [-0.2, 0) is 6.42 Å². The molecule has 2 unspecified atom stereocenters. The lowest BCUT2D eigenvalue weighted by molar-refractivity contribution is 0.290. The Morgan fingerprint density at radius 3 is 3.00 bits per heavy atom. The fourth-order valence-corrected chi connectivity index (χ4v) is 4.14. The fraction of sp³-hybridized carbons (Fsp3) is 0.562. The second-order valence-corrected chi connectivity index (χ2v) is 6.10. The van der Waals surface area contributed by atoms with E-state index in [4.69, 9.17) is 10.7 Å². The quantitative estimate of drug-likeness (QED) is 0.853. The number of nitrogens with two attached hydrogens (primary N) is 1. The fourth-order valence-electron chi connectivity index (χ4n) is 4.14. The lowest BCUT2D eigenvalue weighted by Crippen LogP contribution is -2.28. The van der Waals surface area contributed by atoms with Gasteiger partial charge in [-0.3, -0.25) is 4.90 Å². The van der Waals surface area contributed by atoms with Crippen LogP contribution in [0.3, 0.4) is 0 Å². The Bertz CT molecular complexity index is 645. The molecule has 0 aliphatic carbocycles. The standard InChI is InChI=1S/C16H22N4/c1-2-16-18-12-10-11(17)5-6-13(12)20(16)15-7-9-19-8-3-4-14(15)19/h5-6,10,14-15H,2-4,7-9,17H2,1H3. The summed E-state index contributed by atoms with van der Waals surface area (Å²) >= 11 is 0. The molecular formula is C16H22N4. The van der Waals surface area contributed by atoms with Crippen LogP contribution in [0.4, 0.5) is 5.69 Å². The predicted octanol–water partition coefficient (Wildman–Crippen LogP) is 2.59. The van der Waals surface area contributed by atoms with E-state index >= 15 is 0 Å². The van der Waals surface area contributed by atoms with Crippen molar-refractivity contribution in [2.45, 2.75) is 44.7 Å². The average molecular weight is 270 g/mol. The number of hydrogen-bond donors (Lipinski definition) is 1. The summed E-state index contributed by atoms with van der Waals surface area (Å²) in [6, 6.07) is 7.47. The third kappa shape index (κ3) is 1.67. The molecule has 3 heterocycles. The first-order chi connectivity index (χ1) is 9.78. The largest absolute Gasteiger partial charge is 0.399 e. The molecule has 106 valence electrons. The van der Waals surface area contributed by atoms with Gasteiger partial charge in [0.2, 0.25) is 0 Å². The zero-order valence-electron chi connectivity index (χ0n) is 12.0. The Morgan fingerprint density at radius 1 is 1.25 bits per heavy atom. The van der Waals surface area contributed by atoms with Gasteiger partial charge in [0, 0.05) is 24.7 Å². The summed E-state index contributed by atoms with van der Waals surface area (Å²) in [6.45, 7) is 4.72. The van der Waals surface area contributed by atoms with Crippen LogP contribution < -0.4 is 5.73 Å². The number of benzene rings is 1. The monoisotopic (exact) mass is 270 g/mol. The van der Waals surface area contributed by atoms with Crippen molar-refractivity contribution in [2.75, 3.05) is 18.8 Å². The van der Waals surface area contributed by atoms with Crippen molar-refractivity contribution in [1.82, 2.24) is 14.5 Å². The summed E-state index contributed by atoms with van der Waals surface area (Å²) in [5, 5.41) is 0. The maximum Gasteiger partial charge on any atom is 0.109 e. The summed E-state index contributed by atoms with van der Waals surface area (Å²) in [5.41, 5.74) is 9.02. The van der Waals surface area contributed by atoms with Gasteiger partial charge in [0.25, 0.3) is 0 Å². The van der Waals surface area contributed by atoms with Gasteiger partial charge in [-0.2, -0.15) is 0 Å². The molecule has 0 amide bonds. The number of rotatable bonds is 2. The zero-order valence-corrected chi connectivity index (χ0v) is 12.0. The predicted molar refractivity (Wildman–Crippen MR) is 81.8 cm³/mol. The lowest BCUT2D eigenvalue weighted by Gasteiger charge is -2.23. The number of nitrogen functional groups attached to an aromatic ring is 1. The number of imidazole rings is 1. The Labute approximate surface area is 119 Å². The molecular weight excluding hydrogens is 248 g/mol. The highest BCUT2D eigenvalue weighted by Gasteiger charge is 2.39. The summed E-state index contributed by atoms with van der Waals surface area (Å²) < 4.78 is 2.50. The first-order valence-electron chi connectivity index (χ1n) is 7.78. The normalized spacial score (nSPS) is 26.4. The molecule has 4 nitrogen and oxygen atoms in total. The minimum Gasteiger partial charge on any atom is -0.399 e. The Hall–Kier alpha value is -1.55. The van der Waals surface area contributed by atoms with Gasteiger partial charge in [-0.1, -0.05) is 6.92 Å². The molecule has 1 aromatic heterocycles. The van der Waals surface area contributed by atoms with Crippen LogP contribution in [-0.4, -0.2) is 33.6 Å². The molecule has 2 fully saturated rings. The topological polar surface area (TPSA) is 47.1 Å². The third-order valence-electron chi connectivity index (χ3n) is 5.00. The molecule has 0 saturated carbocycles. The minimum atomic E-state index is 0.598. The summed E-state index contributed by atoms with van der Waals surface area (Å²) in [5.74, 6) is 1.21. The molecule has 2 aliphatic heterocycles. The van der Waals surface area contributed by atoms with Gasteiger partial charge in [-0.05, 0) is 44.0 Å². The smallest absolute Gasteiger partial charge is 0.109 e. The molecule has 2 atom stereocenters. The van der Waals surface area contributed by atoms with Crippen molar-refractivity contribution in [1.29, 1.82) is 0 Å². The molecule has 0 bridgehead atoms. The Morgan fingerprint density at radius 2 is 2.15 bits per heavy atom. The summed E-state index contributed by atoms with van der Waals surface area (Å²) in [6.07, 6.45) is 4.93.